The summed E-state index contributed by atoms with van der Waals surface area (Å²) in [5.41, 5.74) is 5.58. The lowest BCUT2D eigenvalue weighted by Gasteiger charge is -2.26. The SMILES string of the molecule is CCC(N)(CC)CNC(=O)CS(=O)(=O)CC(C)C.Cl. The van der Waals surface area contributed by atoms with Crippen LogP contribution in [0.4, 0.5) is 0 Å². The van der Waals surface area contributed by atoms with Crippen molar-refractivity contribution in [1.82, 2.24) is 5.32 Å². The van der Waals surface area contributed by atoms with Crippen LogP contribution in [0, 0.1) is 5.92 Å². The fraction of sp³-hybridized carbons (Fsp3) is 0.917. The van der Waals surface area contributed by atoms with Crippen molar-refractivity contribution in [3.63, 3.8) is 0 Å². The standard InChI is InChI=1S/C12H26N2O3S.ClH/c1-5-12(13,6-2)9-14-11(15)8-18(16,17)7-10(3)4;/h10H,5-9,13H2,1-4H3,(H,14,15);1H. The van der Waals surface area contributed by atoms with Gasteiger partial charge in [0.15, 0.2) is 9.84 Å². The Bertz CT molecular complexity index is 365. The number of halogens is 1. The van der Waals surface area contributed by atoms with E-state index < -0.39 is 27.0 Å². The van der Waals surface area contributed by atoms with Gasteiger partial charge in [-0.15, -0.1) is 12.4 Å². The maximum atomic E-state index is 11.6. The monoisotopic (exact) mass is 314 g/mol. The quantitative estimate of drug-likeness (QED) is 0.702. The molecule has 7 heteroatoms. The van der Waals surface area contributed by atoms with Crippen LogP contribution in [0.2, 0.25) is 0 Å². The van der Waals surface area contributed by atoms with Gasteiger partial charge in [-0.3, -0.25) is 4.79 Å². The number of sulfone groups is 1. The van der Waals surface area contributed by atoms with Crippen LogP contribution in [0.1, 0.15) is 40.5 Å². The number of hydrogen-bond acceptors (Lipinski definition) is 4. The third-order valence-corrected chi connectivity index (χ3v) is 4.86. The fourth-order valence-corrected chi connectivity index (χ4v) is 3.23. The second kappa shape index (κ2) is 8.76. The number of amides is 1. The van der Waals surface area contributed by atoms with Crippen molar-refractivity contribution in [2.45, 2.75) is 46.1 Å². The van der Waals surface area contributed by atoms with Crippen LogP contribution in [0.5, 0.6) is 0 Å². The summed E-state index contributed by atoms with van der Waals surface area (Å²) in [5.74, 6) is -0.847. The molecular formula is C12H27ClN2O3S. The van der Waals surface area contributed by atoms with Crippen molar-refractivity contribution < 1.29 is 13.2 Å². The Balaban J connectivity index is 0. The summed E-state index contributed by atoms with van der Waals surface area (Å²) < 4.78 is 23.2. The molecule has 0 atom stereocenters. The molecule has 0 saturated heterocycles. The average Bonchev–Trinajstić information content (AvgIpc) is 2.23. The van der Waals surface area contributed by atoms with Crippen molar-refractivity contribution >= 4 is 28.2 Å². The molecule has 0 spiro atoms. The first-order valence-corrected chi connectivity index (χ1v) is 8.22. The zero-order valence-corrected chi connectivity index (χ0v) is 13.9. The van der Waals surface area contributed by atoms with E-state index in [4.69, 9.17) is 5.73 Å². The van der Waals surface area contributed by atoms with E-state index in [2.05, 4.69) is 5.32 Å². The zero-order valence-electron chi connectivity index (χ0n) is 12.2. The van der Waals surface area contributed by atoms with Crippen molar-refractivity contribution in [1.29, 1.82) is 0 Å². The van der Waals surface area contributed by atoms with E-state index in [1.165, 1.54) is 0 Å². The van der Waals surface area contributed by atoms with Gasteiger partial charge < -0.3 is 11.1 Å². The maximum absolute atomic E-state index is 11.6. The van der Waals surface area contributed by atoms with Gasteiger partial charge >= 0.3 is 0 Å². The van der Waals surface area contributed by atoms with Gasteiger partial charge in [-0.1, -0.05) is 27.7 Å². The van der Waals surface area contributed by atoms with Gasteiger partial charge in [0.2, 0.25) is 5.91 Å². The number of carbonyl (C=O) groups excluding carboxylic acids is 1. The van der Waals surface area contributed by atoms with E-state index in [-0.39, 0.29) is 24.1 Å². The number of nitrogens with two attached hydrogens (primary N) is 1. The highest BCUT2D eigenvalue weighted by atomic mass is 35.5. The van der Waals surface area contributed by atoms with Gasteiger partial charge in [0.25, 0.3) is 0 Å². The van der Waals surface area contributed by atoms with Crippen LogP contribution >= 0.6 is 12.4 Å². The summed E-state index contributed by atoms with van der Waals surface area (Å²) in [6.45, 7) is 7.84. The molecule has 0 radical (unpaired) electrons. The van der Waals surface area contributed by atoms with E-state index >= 15 is 0 Å². The molecule has 0 unspecified atom stereocenters. The molecule has 5 nitrogen and oxygen atoms in total. The van der Waals surface area contributed by atoms with Crippen LogP contribution in [-0.4, -0.2) is 37.9 Å². The van der Waals surface area contributed by atoms with E-state index in [0.717, 1.165) is 12.8 Å². The third-order valence-electron chi connectivity index (χ3n) is 2.98. The Kier molecular flexibility index (Phi) is 9.68. The Morgan fingerprint density at radius 1 is 1.26 bits per heavy atom. The minimum Gasteiger partial charge on any atom is -0.353 e. The predicted molar refractivity (Wildman–Crippen MR) is 81.2 cm³/mol. The molecule has 116 valence electrons. The minimum atomic E-state index is -3.31. The lowest BCUT2D eigenvalue weighted by molar-refractivity contribution is -0.118. The van der Waals surface area contributed by atoms with Crippen molar-refractivity contribution in [3.8, 4) is 0 Å². The molecule has 0 aromatic carbocycles. The molecule has 0 aromatic heterocycles. The summed E-state index contributed by atoms with van der Waals surface area (Å²) >= 11 is 0. The van der Waals surface area contributed by atoms with Gasteiger partial charge in [-0.25, -0.2) is 8.42 Å². The molecule has 0 aliphatic heterocycles. The summed E-state index contributed by atoms with van der Waals surface area (Å²) in [4.78, 5) is 11.6. The van der Waals surface area contributed by atoms with Crippen LogP contribution < -0.4 is 11.1 Å². The van der Waals surface area contributed by atoms with E-state index in [0.29, 0.717) is 6.54 Å². The lowest BCUT2D eigenvalue weighted by Crippen LogP contribution is -2.50. The van der Waals surface area contributed by atoms with Crippen LogP contribution in [-0.2, 0) is 14.6 Å². The fourth-order valence-electron chi connectivity index (χ4n) is 1.59. The highest BCUT2D eigenvalue weighted by Crippen LogP contribution is 2.09. The molecule has 0 saturated carbocycles. The molecule has 19 heavy (non-hydrogen) atoms. The molecule has 0 aliphatic carbocycles. The largest absolute Gasteiger partial charge is 0.353 e. The Morgan fingerprint density at radius 2 is 1.74 bits per heavy atom. The summed E-state index contributed by atoms with van der Waals surface area (Å²) in [7, 11) is -3.31. The van der Waals surface area contributed by atoms with E-state index in [1.807, 2.05) is 27.7 Å². The average molecular weight is 315 g/mol. The first kappa shape index (κ1) is 21.0. The predicted octanol–water partition coefficient (Wildman–Crippen LogP) is 1.11. The van der Waals surface area contributed by atoms with E-state index in [1.54, 1.807) is 0 Å². The Hall–Kier alpha value is -0.330. The van der Waals surface area contributed by atoms with Crippen molar-refractivity contribution in [2.24, 2.45) is 11.7 Å². The smallest absolute Gasteiger partial charge is 0.235 e. The van der Waals surface area contributed by atoms with Crippen molar-refractivity contribution in [2.75, 3.05) is 18.1 Å². The second-order valence-corrected chi connectivity index (χ2v) is 7.40. The maximum Gasteiger partial charge on any atom is 0.235 e. The van der Waals surface area contributed by atoms with Gasteiger partial charge in [-0.05, 0) is 18.8 Å². The van der Waals surface area contributed by atoms with Gasteiger partial charge in [0.1, 0.15) is 5.75 Å². The molecule has 0 fully saturated rings. The number of carbonyl (C=O) groups is 1. The number of rotatable bonds is 8. The molecular weight excluding hydrogens is 288 g/mol. The van der Waals surface area contributed by atoms with Gasteiger partial charge in [0.05, 0.1) is 5.75 Å². The third kappa shape index (κ3) is 9.24. The first-order valence-electron chi connectivity index (χ1n) is 6.40. The van der Waals surface area contributed by atoms with Gasteiger partial charge in [-0.2, -0.15) is 0 Å². The molecule has 0 rings (SSSR count). The summed E-state index contributed by atoms with van der Waals surface area (Å²) in [5, 5.41) is 2.61. The molecule has 0 heterocycles. The molecule has 0 aromatic rings. The molecule has 0 bridgehead atoms. The highest BCUT2D eigenvalue weighted by Gasteiger charge is 2.23. The number of hydrogen-bond donors (Lipinski definition) is 2. The normalized spacial score (nSPS) is 12.1. The summed E-state index contributed by atoms with van der Waals surface area (Å²) in [6, 6.07) is 0. The first-order chi connectivity index (χ1) is 8.14. The van der Waals surface area contributed by atoms with Crippen LogP contribution in [0.3, 0.4) is 0 Å². The molecule has 1 amide bonds. The Morgan fingerprint density at radius 3 is 2.11 bits per heavy atom. The second-order valence-electron chi connectivity index (χ2n) is 5.29. The topological polar surface area (TPSA) is 89.3 Å². The lowest BCUT2D eigenvalue weighted by atomic mass is 9.94. The summed E-state index contributed by atoms with van der Waals surface area (Å²) in [6.07, 6.45) is 1.48. The van der Waals surface area contributed by atoms with Crippen molar-refractivity contribution in [3.05, 3.63) is 0 Å². The zero-order chi connectivity index (χ0) is 14.4. The van der Waals surface area contributed by atoms with Crippen LogP contribution in [0.15, 0.2) is 0 Å². The Labute approximate surface area is 123 Å². The molecule has 0 aliphatic rings. The minimum absolute atomic E-state index is 0. The van der Waals surface area contributed by atoms with Crippen LogP contribution in [0.25, 0.3) is 0 Å². The van der Waals surface area contributed by atoms with Gasteiger partial charge in [0, 0.05) is 12.1 Å². The molecule has 3 N–H and O–H groups in total. The number of nitrogens with one attached hydrogen (secondary N) is 1. The highest BCUT2D eigenvalue weighted by molar-refractivity contribution is 7.92. The van der Waals surface area contributed by atoms with E-state index in [9.17, 15) is 13.2 Å².